The van der Waals surface area contributed by atoms with Gasteiger partial charge in [0, 0.05) is 5.56 Å². The molecule has 5 rings (SSSR count). The molecule has 170 valence electrons. The summed E-state index contributed by atoms with van der Waals surface area (Å²) in [5.74, 6) is -1.66. The molecule has 2 amide bonds. The van der Waals surface area contributed by atoms with Crippen LogP contribution >= 0.6 is 0 Å². The van der Waals surface area contributed by atoms with E-state index in [1.807, 2.05) is 0 Å². The molecular formula is C26H21N3O5. The van der Waals surface area contributed by atoms with Crippen molar-refractivity contribution in [3.05, 3.63) is 84.4 Å². The van der Waals surface area contributed by atoms with Crippen LogP contribution in [0.4, 0.5) is 11.4 Å². The molecule has 0 spiro atoms. The van der Waals surface area contributed by atoms with Gasteiger partial charge in [0.1, 0.15) is 34.9 Å². The molecule has 1 fully saturated rings. The number of ether oxygens (including phenoxy) is 2. The number of amides is 2. The number of carbonyl (C=O) groups excluding carboxylic acids is 3. The van der Waals surface area contributed by atoms with Gasteiger partial charge in [0.05, 0.1) is 19.9 Å². The molecule has 2 aliphatic heterocycles. The van der Waals surface area contributed by atoms with Crippen LogP contribution in [0.1, 0.15) is 10.4 Å². The number of nitrogens with zero attached hydrogens (tertiary/aromatic N) is 3. The topological polar surface area (TPSA) is 88.5 Å². The normalized spacial score (nSPS) is 19.2. The average Bonchev–Trinajstić information content (AvgIpc) is 3.40. The Bertz CT molecular complexity index is 1320. The second-order valence-corrected chi connectivity index (χ2v) is 7.80. The fourth-order valence-corrected chi connectivity index (χ4v) is 4.41. The van der Waals surface area contributed by atoms with E-state index in [0.29, 0.717) is 28.4 Å². The summed E-state index contributed by atoms with van der Waals surface area (Å²) in [5.41, 5.74) is 1.20. The first-order valence-electron chi connectivity index (χ1n) is 10.7. The smallest absolute Gasteiger partial charge is 0.260 e. The predicted octanol–water partition coefficient (Wildman–Crippen LogP) is 3.32. The molecule has 0 N–H and O–H groups in total. The lowest BCUT2D eigenvalue weighted by Gasteiger charge is -2.24. The predicted molar refractivity (Wildman–Crippen MR) is 126 cm³/mol. The monoisotopic (exact) mass is 455 g/mol. The zero-order valence-electron chi connectivity index (χ0n) is 18.5. The molecule has 3 aromatic rings. The minimum atomic E-state index is -1.07. The second kappa shape index (κ2) is 8.47. The van der Waals surface area contributed by atoms with E-state index < -0.39 is 29.6 Å². The molecule has 0 bridgehead atoms. The lowest BCUT2D eigenvalue weighted by molar-refractivity contribution is -0.121. The number of carbonyl (C=O) groups is 3. The minimum Gasteiger partial charge on any atom is -0.495 e. The van der Waals surface area contributed by atoms with Gasteiger partial charge >= 0.3 is 0 Å². The Labute approximate surface area is 196 Å². The van der Waals surface area contributed by atoms with E-state index >= 15 is 0 Å². The highest BCUT2D eigenvalue weighted by atomic mass is 16.5. The standard InChI is InChI=1S/C26H21N3O5/c1-33-19-14-8-6-12-17(19)28-25(31)21-22(24(30)16-10-4-3-5-11-16)27-29(23(21)26(28)32)18-13-7-9-15-20(18)34-2/h3-15,21,23H,1-2H3/t21-,23-/m1/s1. The average molecular weight is 455 g/mol. The van der Waals surface area contributed by atoms with Crippen molar-refractivity contribution >= 4 is 34.7 Å². The van der Waals surface area contributed by atoms with Gasteiger partial charge in [-0.15, -0.1) is 0 Å². The Balaban J connectivity index is 1.66. The fourth-order valence-electron chi connectivity index (χ4n) is 4.41. The molecule has 0 aliphatic carbocycles. The summed E-state index contributed by atoms with van der Waals surface area (Å²) in [6.45, 7) is 0. The van der Waals surface area contributed by atoms with Crippen molar-refractivity contribution in [3.63, 3.8) is 0 Å². The zero-order valence-corrected chi connectivity index (χ0v) is 18.5. The third-order valence-corrected chi connectivity index (χ3v) is 5.98. The summed E-state index contributed by atoms with van der Waals surface area (Å²) in [5, 5.41) is 5.95. The number of anilines is 2. The number of fused-ring (bicyclic) bond motifs is 1. The van der Waals surface area contributed by atoms with Crippen LogP contribution in [0.2, 0.25) is 0 Å². The number of Topliss-reactive ketones (excluding diaryl/α,β-unsaturated/α-hetero) is 1. The number of ketones is 1. The number of hydrazone groups is 1. The molecular weight excluding hydrogens is 434 g/mol. The van der Waals surface area contributed by atoms with E-state index in [2.05, 4.69) is 5.10 Å². The largest absolute Gasteiger partial charge is 0.495 e. The maximum atomic E-state index is 13.7. The van der Waals surface area contributed by atoms with Gasteiger partial charge in [-0.2, -0.15) is 5.10 Å². The Morgan fingerprint density at radius 2 is 1.32 bits per heavy atom. The zero-order chi connectivity index (χ0) is 23.8. The van der Waals surface area contributed by atoms with E-state index in [-0.39, 0.29) is 5.71 Å². The first-order chi connectivity index (χ1) is 16.6. The number of benzene rings is 3. The van der Waals surface area contributed by atoms with Gasteiger partial charge < -0.3 is 9.47 Å². The Kier molecular flexibility index (Phi) is 5.33. The summed E-state index contributed by atoms with van der Waals surface area (Å²) >= 11 is 0. The maximum Gasteiger partial charge on any atom is 0.260 e. The van der Waals surface area contributed by atoms with Crippen molar-refractivity contribution in [2.75, 3.05) is 24.1 Å². The van der Waals surface area contributed by atoms with Crippen molar-refractivity contribution in [1.82, 2.24) is 0 Å². The van der Waals surface area contributed by atoms with Crippen molar-refractivity contribution in [2.24, 2.45) is 11.0 Å². The first-order valence-corrected chi connectivity index (χ1v) is 10.7. The number of rotatable bonds is 6. The first kappa shape index (κ1) is 21.4. The Morgan fingerprint density at radius 3 is 1.97 bits per heavy atom. The van der Waals surface area contributed by atoms with Crippen LogP contribution in [0.25, 0.3) is 0 Å². The molecule has 2 heterocycles. The molecule has 0 unspecified atom stereocenters. The summed E-state index contributed by atoms with van der Waals surface area (Å²) in [6.07, 6.45) is 0. The fraction of sp³-hybridized carbons (Fsp3) is 0.154. The number of hydrogen-bond donors (Lipinski definition) is 0. The summed E-state index contributed by atoms with van der Waals surface area (Å²) in [6, 6.07) is 21.4. The molecule has 3 aromatic carbocycles. The third kappa shape index (κ3) is 3.23. The van der Waals surface area contributed by atoms with Gasteiger partial charge in [-0.1, -0.05) is 54.6 Å². The van der Waals surface area contributed by atoms with Crippen LogP contribution in [-0.2, 0) is 9.59 Å². The maximum absolute atomic E-state index is 13.7. The third-order valence-electron chi connectivity index (χ3n) is 5.98. The molecule has 34 heavy (non-hydrogen) atoms. The van der Waals surface area contributed by atoms with Crippen molar-refractivity contribution in [2.45, 2.75) is 6.04 Å². The quantitative estimate of drug-likeness (QED) is 0.419. The summed E-state index contributed by atoms with van der Waals surface area (Å²) < 4.78 is 10.9. The minimum absolute atomic E-state index is 0.0119. The molecule has 1 saturated heterocycles. The molecule has 8 heteroatoms. The SMILES string of the molecule is COc1ccccc1N1C(=O)[C@@H]2C(C(=O)c3ccccc3)=NN(c3ccccc3OC)[C@H]2C1=O. The van der Waals surface area contributed by atoms with E-state index in [4.69, 9.17) is 9.47 Å². The van der Waals surface area contributed by atoms with E-state index in [1.54, 1.807) is 78.9 Å². The van der Waals surface area contributed by atoms with Crippen LogP contribution in [0.5, 0.6) is 11.5 Å². The molecule has 0 radical (unpaired) electrons. The van der Waals surface area contributed by atoms with Crippen LogP contribution < -0.4 is 19.4 Å². The molecule has 0 aromatic heterocycles. The van der Waals surface area contributed by atoms with Crippen LogP contribution in [0.3, 0.4) is 0 Å². The highest BCUT2D eigenvalue weighted by Crippen LogP contribution is 2.43. The Morgan fingerprint density at radius 1 is 0.765 bits per heavy atom. The van der Waals surface area contributed by atoms with Gasteiger partial charge in [-0.3, -0.25) is 14.4 Å². The number of hydrogen-bond acceptors (Lipinski definition) is 7. The van der Waals surface area contributed by atoms with E-state index in [0.717, 1.165) is 4.90 Å². The number of methoxy groups -OCH3 is 2. The Hall–Kier alpha value is -4.46. The van der Waals surface area contributed by atoms with Gasteiger partial charge in [-0.05, 0) is 24.3 Å². The number of para-hydroxylation sites is 4. The molecule has 2 atom stereocenters. The van der Waals surface area contributed by atoms with Crippen LogP contribution in [0, 0.1) is 5.92 Å². The van der Waals surface area contributed by atoms with Crippen molar-refractivity contribution in [3.8, 4) is 11.5 Å². The lowest BCUT2D eigenvalue weighted by Crippen LogP contribution is -2.39. The van der Waals surface area contributed by atoms with Gasteiger partial charge in [0.25, 0.3) is 5.91 Å². The van der Waals surface area contributed by atoms with Gasteiger partial charge in [0.15, 0.2) is 0 Å². The van der Waals surface area contributed by atoms with Crippen LogP contribution in [-0.4, -0.2) is 43.6 Å². The summed E-state index contributed by atoms with van der Waals surface area (Å²) in [7, 11) is 2.98. The van der Waals surface area contributed by atoms with E-state index in [1.165, 1.54) is 19.2 Å². The lowest BCUT2D eigenvalue weighted by atomic mass is 9.92. The summed E-state index contributed by atoms with van der Waals surface area (Å²) in [4.78, 5) is 42.0. The second-order valence-electron chi connectivity index (χ2n) is 7.80. The van der Waals surface area contributed by atoms with E-state index in [9.17, 15) is 14.4 Å². The molecule has 8 nitrogen and oxygen atoms in total. The molecule has 0 saturated carbocycles. The highest BCUT2D eigenvalue weighted by Gasteiger charge is 2.59. The van der Waals surface area contributed by atoms with Gasteiger partial charge in [-0.25, -0.2) is 9.91 Å². The highest BCUT2D eigenvalue weighted by molar-refractivity contribution is 6.53. The van der Waals surface area contributed by atoms with Gasteiger partial charge in [0.2, 0.25) is 11.7 Å². The van der Waals surface area contributed by atoms with Crippen molar-refractivity contribution < 1.29 is 23.9 Å². The van der Waals surface area contributed by atoms with Crippen LogP contribution in [0.15, 0.2) is 84.0 Å². The number of imide groups is 1. The van der Waals surface area contributed by atoms with Crippen molar-refractivity contribution in [1.29, 1.82) is 0 Å². The molecule has 2 aliphatic rings.